The van der Waals surface area contributed by atoms with E-state index in [1.807, 2.05) is 0 Å². The van der Waals surface area contributed by atoms with Crippen molar-refractivity contribution in [3.05, 3.63) is 23.3 Å². The lowest BCUT2D eigenvalue weighted by molar-refractivity contribution is 0.00556. The summed E-state index contributed by atoms with van der Waals surface area (Å²) in [6.07, 6.45) is 13.4. The second kappa shape index (κ2) is 2.53. The standard InChI is InChI=1S/C14H20/c1-11-12(2)14-9-5-3-7-13(11,14)8-4-6-10-14/h3,5H,4,6-10H2,1-2H3/t13-,14-/m0/s1. The minimum atomic E-state index is 0.615. The van der Waals surface area contributed by atoms with Crippen LogP contribution in [0.25, 0.3) is 0 Å². The Labute approximate surface area is 87.1 Å². The van der Waals surface area contributed by atoms with Gasteiger partial charge >= 0.3 is 0 Å². The van der Waals surface area contributed by atoms with Gasteiger partial charge in [-0.1, -0.05) is 36.1 Å². The maximum Gasteiger partial charge on any atom is 0.00429 e. The summed E-state index contributed by atoms with van der Waals surface area (Å²) in [5, 5.41) is 0. The molecule has 0 bridgehead atoms. The monoisotopic (exact) mass is 188 g/mol. The van der Waals surface area contributed by atoms with Gasteiger partial charge in [0.25, 0.3) is 0 Å². The number of allylic oxidation sites excluding steroid dienone is 4. The first-order valence-electron chi connectivity index (χ1n) is 6.06. The van der Waals surface area contributed by atoms with E-state index in [0.717, 1.165) is 0 Å². The van der Waals surface area contributed by atoms with Gasteiger partial charge in [-0.2, -0.15) is 0 Å². The Hall–Kier alpha value is -0.520. The van der Waals surface area contributed by atoms with Crippen LogP contribution in [0.5, 0.6) is 0 Å². The zero-order valence-electron chi connectivity index (χ0n) is 9.40. The second-order valence-electron chi connectivity index (χ2n) is 5.50. The van der Waals surface area contributed by atoms with E-state index in [1.54, 1.807) is 11.1 Å². The molecule has 0 radical (unpaired) electrons. The van der Waals surface area contributed by atoms with Crippen molar-refractivity contribution in [2.45, 2.75) is 52.4 Å². The Bertz CT molecular complexity index is 302. The van der Waals surface area contributed by atoms with E-state index in [2.05, 4.69) is 26.0 Å². The van der Waals surface area contributed by atoms with E-state index in [9.17, 15) is 0 Å². The predicted octanol–water partition coefficient (Wildman–Crippen LogP) is 4.23. The molecule has 2 atom stereocenters. The summed E-state index contributed by atoms with van der Waals surface area (Å²) in [4.78, 5) is 0. The minimum absolute atomic E-state index is 0.615. The lowest BCUT2D eigenvalue weighted by Crippen LogP contribution is -2.55. The van der Waals surface area contributed by atoms with Crippen LogP contribution in [0.3, 0.4) is 0 Å². The Morgan fingerprint density at radius 2 is 1.29 bits per heavy atom. The molecule has 0 heterocycles. The molecule has 14 heavy (non-hydrogen) atoms. The molecule has 0 saturated heterocycles. The molecule has 0 aromatic carbocycles. The fourth-order valence-corrected chi connectivity index (χ4v) is 4.55. The van der Waals surface area contributed by atoms with Crippen LogP contribution >= 0.6 is 0 Å². The maximum absolute atomic E-state index is 2.43. The smallest absolute Gasteiger partial charge is 0.00429 e. The molecule has 0 aromatic rings. The summed E-state index contributed by atoms with van der Waals surface area (Å²) in [5.74, 6) is 0. The van der Waals surface area contributed by atoms with Gasteiger partial charge in [-0.15, -0.1) is 0 Å². The summed E-state index contributed by atoms with van der Waals surface area (Å²) in [5.41, 5.74) is 4.71. The third-order valence-corrected chi connectivity index (χ3v) is 5.47. The molecule has 76 valence electrons. The Kier molecular flexibility index (Phi) is 1.59. The van der Waals surface area contributed by atoms with Crippen molar-refractivity contribution in [2.24, 2.45) is 10.8 Å². The van der Waals surface area contributed by atoms with Crippen LogP contribution in [0, 0.1) is 10.8 Å². The molecule has 1 saturated carbocycles. The first kappa shape index (κ1) is 8.76. The van der Waals surface area contributed by atoms with Crippen molar-refractivity contribution < 1.29 is 0 Å². The average molecular weight is 188 g/mol. The van der Waals surface area contributed by atoms with E-state index in [-0.39, 0.29) is 0 Å². The molecule has 0 heteroatoms. The zero-order chi connectivity index (χ0) is 9.81. The predicted molar refractivity (Wildman–Crippen MR) is 60.1 cm³/mol. The number of rotatable bonds is 0. The largest absolute Gasteiger partial charge is 0.0876 e. The van der Waals surface area contributed by atoms with Gasteiger partial charge in [0.05, 0.1) is 0 Å². The van der Waals surface area contributed by atoms with Crippen molar-refractivity contribution in [1.29, 1.82) is 0 Å². The lowest BCUT2D eigenvalue weighted by atomic mass is 9.39. The molecule has 0 N–H and O–H groups in total. The summed E-state index contributed by atoms with van der Waals surface area (Å²) >= 11 is 0. The molecule has 0 amide bonds. The van der Waals surface area contributed by atoms with Crippen LogP contribution in [0.1, 0.15) is 52.4 Å². The minimum Gasteiger partial charge on any atom is -0.0876 e. The topological polar surface area (TPSA) is 0 Å². The van der Waals surface area contributed by atoms with Crippen molar-refractivity contribution in [1.82, 2.24) is 0 Å². The molecule has 3 rings (SSSR count). The summed E-state index contributed by atoms with van der Waals surface area (Å²) in [6.45, 7) is 4.77. The highest BCUT2D eigenvalue weighted by Gasteiger charge is 2.61. The maximum atomic E-state index is 2.43. The summed E-state index contributed by atoms with van der Waals surface area (Å²) in [6, 6.07) is 0. The SMILES string of the molecule is CC1=C(C)[C@@]23CC=CC[C@]12CCCC3. The molecule has 0 aromatic heterocycles. The molecule has 3 aliphatic carbocycles. The Morgan fingerprint density at radius 1 is 0.857 bits per heavy atom. The van der Waals surface area contributed by atoms with Crippen LogP contribution in [0.4, 0.5) is 0 Å². The van der Waals surface area contributed by atoms with Gasteiger partial charge in [-0.3, -0.25) is 0 Å². The summed E-state index contributed by atoms with van der Waals surface area (Å²) in [7, 11) is 0. The van der Waals surface area contributed by atoms with Crippen LogP contribution < -0.4 is 0 Å². The van der Waals surface area contributed by atoms with Crippen molar-refractivity contribution in [3.63, 3.8) is 0 Å². The van der Waals surface area contributed by atoms with Crippen LogP contribution in [-0.4, -0.2) is 0 Å². The third kappa shape index (κ3) is 0.699. The van der Waals surface area contributed by atoms with Crippen LogP contribution in [0.15, 0.2) is 23.3 Å². The molecular formula is C14H20. The van der Waals surface area contributed by atoms with E-state index < -0.39 is 0 Å². The van der Waals surface area contributed by atoms with E-state index in [1.165, 1.54) is 38.5 Å². The highest BCUT2D eigenvalue weighted by atomic mass is 14.6. The first-order chi connectivity index (χ1) is 6.73. The van der Waals surface area contributed by atoms with Gasteiger partial charge in [-0.05, 0) is 39.5 Å². The van der Waals surface area contributed by atoms with Crippen molar-refractivity contribution in [2.75, 3.05) is 0 Å². The summed E-state index contributed by atoms with van der Waals surface area (Å²) < 4.78 is 0. The molecular weight excluding hydrogens is 168 g/mol. The van der Waals surface area contributed by atoms with E-state index in [4.69, 9.17) is 0 Å². The molecule has 0 aliphatic heterocycles. The van der Waals surface area contributed by atoms with Crippen LogP contribution in [0.2, 0.25) is 0 Å². The lowest BCUT2D eigenvalue weighted by Gasteiger charge is -2.65. The fourth-order valence-electron chi connectivity index (χ4n) is 4.55. The highest BCUT2D eigenvalue weighted by molar-refractivity contribution is 5.45. The normalized spacial score (nSPS) is 45.6. The molecule has 0 nitrogen and oxygen atoms in total. The quantitative estimate of drug-likeness (QED) is 0.499. The molecule has 0 unspecified atom stereocenters. The Morgan fingerprint density at radius 3 is 1.71 bits per heavy atom. The average Bonchev–Trinajstić information content (AvgIpc) is 2.26. The van der Waals surface area contributed by atoms with Gasteiger partial charge in [0.15, 0.2) is 0 Å². The van der Waals surface area contributed by atoms with Gasteiger partial charge in [0, 0.05) is 10.8 Å². The van der Waals surface area contributed by atoms with Gasteiger partial charge < -0.3 is 0 Å². The van der Waals surface area contributed by atoms with E-state index in [0.29, 0.717) is 10.8 Å². The van der Waals surface area contributed by atoms with E-state index >= 15 is 0 Å². The number of hydrogen-bond acceptors (Lipinski definition) is 0. The Balaban J connectivity index is 2.13. The highest BCUT2D eigenvalue weighted by Crippen LogP contribution is 2.71. The molecule has 0 spiro atoms. The second-order valence-corrected chi connectivity index (χ2v) is 5.50. The molecule has 1 fully saturated rings. The first-order valence-corrected chi connectivity index (χ1v) is 6.06. The fraction of sp³-hybridized carbons (Fsp3) is 0.714. The van der Waals surface area contributed by atoms with Crippen molar-refractivity contribution >= 4 is 0 Å². The molecule has 3 aliphatic rings. The van der Waals surface area contributed by atoms with Crippen LogP contribution in [-0.2, 0) is 0 Å². The van der Waals surface area contributed by atoms with Gasteiger partial charge in [0.2, 0.25) is 0 Å². The van der Waals surface area contributed by atoms with Gasteiger partial charge in [0.1, 0.15) is 0 Å². The van der Waals surface area contributed by atoms with Gasteiger partial charge in [-0.25, -0.2) is 0 Å². The third-order valence-electron chi connectivity index (χ3n) is 5.47. The number of hydrogen-bond donors (Lipinski definition) is 0. The van der Waals surface area contributed by atoms with Crippen molar-refractivity contribution in [3.8, 4) is 0 Å². The zero-order valence-corrected chi connectivity index (χ0v) is 9.40.